The minimum atomic E-state index is -0.529. The Balaban J connectivity index is 2.56. The topological polar surface area (TPSA) is 81.2 Å². The molecule has 1 N–H and O–H groups in total. The van der Waals surface area contributed by atoms with Crippen molar-refractivity contribution in [3.8, 4) is 0 Å². The number of hydrogen-bond donors (Lipinski definition) is 1. The molecule has 1 heterocycles. The summed E-state index contributed by atoms with van der Waals surface area (Å²) in [6.07, 6.45) is 1.34. The maximum Gasteiger partial charge on any atom is 0.333 e. The number of H-pyrrole nitrogens is 1. The van der Waals surface area contributed by atoms with Crippen molar-refractivity contribution in [1.29, 1.82) is 0 Å². The number of nitrogens with zero attached hydrogens (tertiary/aromatic N) is 1. The van der Waals surface area contributed by atoms with Gasteiger partial charge in [0.15, 0.2) is 0 Å². The Morgan fingerprint density at radius 3 is 2.81 bits per heavy atom. The number of aromatic nitrogens is 2. The van der Waals surface area contributed by atoms with Crippen LogP contribution >= 0.6 is 0 Å². The molecule has 1 aromatic rings. The van der Waals surface area contributed by atoms with Gasteiger partial charge in [0.1, 0.15) is 6.61 Å². The van der Waals surface area contributed by atoms with Gasteiger partial charge >= 0.3 is 11.7 Å². The molecule has 0 radical (unpaired) electrons. The van der Waals surface area contributed by atoms with Crippen molar-refractivity contribution in [2.45, 2.75) is 13.5 Å². The highest BCUT2D eigenvalue weighted by atomic mass is 16.5. The van der Waals surface area contributed by atoms with Crippen molar-refractivity contribution in [1.82, 2.24) is 9.55 Å². The van der Waals surface area contributed by atoms with Crippen LogP contribution in [0.15, 0.2) is 34.0 Å². The molecule has 86 valence electrons. The number of carbonyl (C=O) groups excluding carboxylic acids is 1. The van der Waals surface area contributed by atoms with Crippen LogP contribution in [0, 0.1) is 0 Å². The van der Waals surface area contributed by atoms with Crippen LogP contribution in [0.4, 0.5) is 0 Å². The quantitative estimate of drug-likeness (QED) is 0.560. The Kier molecular flexibility index (Phi) is 3.82. The molecule has 0 aromatic carbocycles. The van der Waals surface area contributed by atoms with E-state index in [1.165, 1.54) is 23.8 Å². The molecule has 6 nitrogen and oxygen atoms in total. The summed E-state index contributed by atoms with van der Waals surface area (Å²) in [5, 5.41) is 0. The zero-order valence-corrected chi connectivity index (χ0v) is 8.86. The van der Waals surface area contributed by atoms with E-state index in [1.54, 1.807) is 0 Å². The first-order chi connectivity index (χ1) is 7.50. The maximum absolute atomic E-state index is 11.2. The van der Waals surface area contributed by atoms with Crippen LogP contribution in [0.2, 0.25) is 0 Å². The molecule has 0 saturated carbocycles. The number of carbonyl (C=O) groups is 1. The van der Waals surface area contributed by atoms with Gasteiger partial charge in [-0.15, -0.1) is 0 Å². The van der Waals surface area contributed by atoms with E-state index < -0.39 is 17.2 Å². The molecule has 1 aromatic heterocycles. The Bertz CT molecular complexity index is 512. The van der Waals surface area contributed by atoms with Gasteiger partial charge in [-0.2, -0.15) is 0 Å². The molecule has 0 aliphatic rings. The fourth-order valence-corrected chi connectivity index (χ4v) is 0.980. The van der Waals surface area contributed by atoms with Crippen molar-refractivity contribution >= 4 is 5.97 Å². The van der Waals surface area contributed by atoms with Crippen molar-refractivity contribution in [2.24, 2.45) is 0 Å². The van der Waals surface area contributed by atoms with Gasteiger partial charge in [-0.25, -0.2) is 9.59 Å². The highest BCUT2D eigenvalue weighted by Gasteiger charge is 2.03. The molecular weight excluding hydrogens is 212 g/mol. The number of hydrogen-bond acceptors (Lipinski definition) is 4. The third-order valence-electron chi connectivity index (χ3n) is 1.81. The van der Waals surface area contributed by atoms with Crippen LogP contribution in [0.1, 0.15) is 6.92 Å². The average Bonchev–Trinajstić information content (AvgIpc) is 2.20. The van der Waals surface area contributed by atoms with Crippen LogP contribution < -0.4 is 11.2 Å². The van der Waals surface area contributed by atoms with E-state index in [0.29, 0.717) is 5.57 Å². The van der Waals surface area contributed by atoms with E-state index in [4.69, 9.17) is 4.74 Å². The summed E-state index contributed by atoms with van der Waals surface area (Å²) in [5.74, 6) is -0.502. The average molecular weight is 224 g/mol. The molecular formula is C10H12N2O4. The largest absolute Gasteiger partial charge is 0.460 e. The van der Waals surface area contributed by atoms with Gasteiger partial charge in [0.05, 0.1) is 6.54 Å². The molecule has 0 saturated heterocycles. The van der Waals surface area contributed by atoms with Gasteiger partial charge in [0.2, 0.25) is 0 Å². The number of aromatic amines is 1. The first-order valence-corrected chi connectivity index (χ1v) is 4.63. The van der Waals surface area contributed by atoms with Crippen LogP contribution in [-0.2, 0) is 16.1 Å². The number of rotatable bonds is 4. The maximum atomic E-state index is 11.2. The van der Waals surface area contributed by atoms with Crippen LogP contribution in [0.5, 0.6) is 0 Å². The molecule has 0 fully saturated rings. The van der Waals surface area contributed by atoms with E-state index in [9.17, 15) is 14.4 Å². The Labute approximate surface area is 91.2 Å². The van der Waals surface area contributed by atoms with Crippen molar-refractivity contribution < 1.29 is 9.53 Å². The second-order valence-corrected chi connectivity index (χ2v) is 3.22. The number of ether oxygens (including phenoxy) is 1. The van der Waals surface area contributed by atoms with Crippen LogP contribution in [0.3, 0.4) is 0 Å². The summed E-state index contributed by atoms with van der Waals surface area (Å²) >= 11 is 0. The number of esters is 1. The second kappa shape index (κ2) is 5.11. The Morgan fingerprint density at radius 1 is 1.56 bits per heavy atom. The minimum absolute atomic E-state index is 0.0532. The smallest absolute Gasteiger partial charge is 0.333 e. The molecule has 0 aliphatic carbocycles. The van der Waals surface area contributed by atoms with Gasteiger partial charge in [0.25, 0.3) is 5.56 Å². The molecule has 0 unspecified atom stereocenters. The van der Waals surface area contributed by atoms with E-state index in [-0.39, 0.29) is 13.2 Å². The van der Waals surface area contributed by atoms with Gasteiger partial charge in [-0.1, -0.05) is 6.58 Å². The molecule has 0 spiro atoms. The zero-order chi connectivity index (χ0) is 12.1. The first-order valence-electron chi connectivity index (χ1n) is 4.63. The predicted octanol–water partition coefficient (Wildman–Crippen LogP) is -0.344. The number of nitrogens with one attached hydrogen (secondary N) is 1. The molecule has 6 heteroatoms. The van der Waals surface area contributed by atoms with E-state index in [2.05, 4.69) is 11.6 Å². The normalized spacial score (nSPS) is 9.81. The summed E-state index contributed by atoms with van der Waals surface area (Å²) in [5.41, 5.74) is -0.687. The van der Waals surface area contributed by atoms with Crippen molar-refractivity contribution in [3.05, 3.63) is 45.3 Å². The summed E-state index contributed by atoms with van der Waals surface area (Å²) < 4.78 is 6.05. The van der Waals surface area contributed by atoms with Crippen LogP contribution in [-0.4, -0.2) is 22.1 Å². The van der Waals surface area contributed by atoms with Gasteiger partial charge in [-0.05, 0) is 6.92 Å². The highest BCUT2D eigenvalue weighted by molar-refractivity contribution is 5.86. The Morgan fingerprint density at radius 2 is 2.25 bits per heavy atom. The Hall–Kier alpha value is -2.11. The van der Waals surface area contributed by atoms with E-state index in [1.807, 2.05) is 0 Å². The second-order valence-electron chi connectivity index (χ2n) is 3.22. The minimum Gasteiger partial charge on any atom is -0.460 e. The van der Waals surface area contributed by atoms with Crippen molar-refractivity contribution in [2.75, 3.05) is 6.61 Å². The third-order valence-corrected chi connectivity index (χ3v) is 1.81. The monoisotopic (exact) mass is 224 g/mol. The lowest BCUT2D eigenvalue weighted by molar-refractivity contribution is -0.139. The van der Waals surface area contributed by atoms with E-state index >= 15 is 0 Å². The predicted molar refractivity (Wildman–Crippen MR) is 57.1 cm³/mol. The SMILES string of the molecule is C=C(C)C(=O)OCCn1ccc(=O)[nH]c1=O. The summed E-state index contributed by atoms with van der Waals surface area (Å²) in [7, 11) is 0. The van der Waals surface area contributed by atoms with Gasteiger partial charge in [-0.3, -0.25) is 14.3 Å². The molecule has 1 rings (SSSR count). The molecule has 16 heavy (non-hydrogen) atoms. The lowest BCUT2D eigenvalue weighted by atomic mass is 10.4. The summed E-state index contributed by atoms with van der Waals surface area (Å²) in [6.45, 7) is 5.20. The van der Waals surface area contributed by atoms with Gasteiger partial charge in [0, 0.05) is 17.8 Å². The third kappa shape index (κ3) is 3.23. The fourth-order valence-electron chi connectivity index (χ4n) is 0.980. The highest BCUT2D eigenvalue weighted by Crippen LogP contribution is 1.91. The molecule has 0 bridgehead atoms. The fraction of sp³-hybridized carbons (Fsp3) is 0.300. The lowest BCUT2D eigenvalue weighted by Crippen LogP contribution is -2.30. The van der Waals surface area contributed by atoms with Gasteiger partial charge < -0.3 is 4.74 Å². The lowest BCUT2D eigenvalue weighted by Gasteiger charge is -2.05. The molecule has 0 amide bonds. The standard InChI is InChI=1S/C10H12N2O4/c1-7(2)9(14)16-6-5-12-4-3-8(13)11-10(12)15/h3-4H,1,5-6H2,2H3,(H,11,13,15). The summed E-state index contributed by atoms with van der Waals surface area (Å²) in [4.78, 5) is 35.0. The van der Waals surface area contributed by atoms with Crippen LogP contribution in [0.25, 0.3) is 0 Å². The van der Waals surface area contributed by atoms with E-state index in [0.717, 1.165) is 0 Å². The zero-order valence-electron chi connectivity index (χ0n) is 8.86. The van der Waals surface area contributed by atoms with Crippen molar-refractivity contribution in [3.63, 3.8) is 0 Å². The molecule has 0 atom stereocenters. The first kappa shape index (κ1) is 12.0. The summed E-state index contributed by atoms with van der Waals surface area (Å²) in [6, 6.07) is 1.22. The molecule has 0 aliphatic heterocycles.